The molecule has 0 saturated heterocycles. The molecule has 74 valence electrons. The van der Waals surface area contributed by atoms with E-state index in [-0.39, 0.29) is 5.88 Å². The second kappa shape index (κ2) is 3.68. The summed E-state index contributed by atoms with van der Waals surface area (Å²) in [6.07, 6.45) is -1.40. The molecule has 13 heavy (non-hydrogen) atoms. The Bertz CT molecular complexity index is 234. The average molecular weight is 194 g/mol. The average Bonchev–Trinajstić information content (AvgIpc) is 2.00. The highest BCUT2D eigenvalue weighted by molar-refractivity contribution is 5.62. The number of ether oxygens (including phenoxy) is 1. The highest BCUT2D eigenvalue weighted by Gasteiger charge is 2.28. The topological polar surface area (TPSA) is 24.8 Å². The number of hydrogen-bond acceptors (Lipinski definition) is 3. The predicted molar refractivity (Wildman–Crippen MR) is 41.2 cm³/mol. The second-order valence-corrected chi connectivity index (χ2v) is 2.62. The molecule has 3 nitrogen and oxygen atoms in total. The molecule has 0 fully saturated rings. The third-order valence-electron chi connectivity index (χ3n) is 1.30. The van der Waals surface area contributed by atoms with Crippen molar-refractivity contribution >= 4 is 6.21 Å². The van der Waals surface area contributed by atoms with Crippen LogP contribution in [-0.4, -0.2) is 37.5 Å². The molecule has 0 aromatic rings. The molecular weight excluding hydrogens is 185 g/mol. The molecule has 0 spiro atoms. The molecule has 0 saturated carbocycles. The molecular formula is C7H9F3N2O. The lowest BCUT2D eigenvalue weighted by atomic mass is 10.5. The van der Waals surface area contributed by atoms with Crippen molar-refractivity contribution < 1.29 is 17.9 Å². The highest BCUT2D eigenvalue weighted by atomic mass is 19.4. The van der Waals surface area contributed by atoms with Crippen LogP contribution in [0.15, 0.2) is 17.1 Å². The van der Waals surface area contributed by atoms with Gasteiger partial charge in [-0.2, -0.15) is 13.2 Å². The molecule has 1 aliphatic heterocycles. The van der Waals surface area contributed by atoms with Crippen LogP contribution in [0.5, 0.6) is 0 Å². The van der Waals surface area contributed by atoms with Crippen LogP contribution in [0.2, 0.25) is 0 Å². The van der Waals surface area contributed by atoms with Crippen molar-refractivity contribution in [2.75, 3.05) is 20.2 Å². The van der Waals surface area contributed by atoms with Crippen molar-refractivity contribution in [3.05, 3.63) is 12.1 Å². The molecule has 0 aromatic carbocycles. The van der Waals surface area contributed by atoms with E-state index in [4.69, 9.17) is 0 Å². The van der Waals surface area contributed by atoms with Gasteiger partial charge < -0.3 is 9.64 Å². The lowest BCUT2D eigenvalue weighted by Crippen LogP contribution is -2.21. The van der Waals surface area contributed by atoms with E-state index in [0.717, 1.165) is 0 Å². The van der Waals surface area contributed by atoms with Crippen LogP contribution in [0, 0.1) is 0 Å². The fourth-order valence-corrected chi connectivity index (χ4v) is 0.764. The molecule has 1 aliphatic rings. The van der Waals surface area contributed by atoms with E-state index in [2.05, 4.69) is 9.73 Å². The minimum atomic E-state index is -4.31. The fourth-order valence-electron chi connectivity index (χ4n) is 0.764. The van der Waals surface area contributed by atoms with Gasteiger partial charge in [0.25, 0.3) is 0 Å². The van der Waals surface area contributed by atoms with Gasteiger partial charge in [-0.3, -0.25) is 0 Å². The van der Waals surface area contributed by atoms with Crippen LogP contribution in [0.4, 0.5) is 13.2 Å². The Kier molecular flexibility index (Phi) is 2.79. The lowest BCUT2D eigenvalue weighted by Gasteiger charge is -2.17. The second-order valence-electron chi connectivity index (χ2n) is 2.62. The largest absolute Gasteiger partial charge is 0.467 e. The highest BCUT2D eigenvalue weighted by Crippen LogP contribution is 2.17. The molecule has 1 heterocycles. The Morgan fingerprint density at radius 2 is 2.31 bits per heavy atom. The zero-order valence-electron chi connectivity index (χ0n) is 7.01. The van der Waals surface area contributed by atoms with Gasteiger partial charge in [0.1, 0.15) is 0 Å². The van der Waals surface area contributed by atoms with E-state index < -0.39 is 12.8 Å². The van der Waals surface area contributed by atoms with E-state index in [9.17, 15) is 13.2 Å². The lowest BCUT2D eigenvalue weighted by molar-refractivity contribution is -0.165. The van der Waals surface area contributed by atoms with Crippen molar-refractivity contribution in [3.8, 4) is 0 Å². The smallest absolute Gasteiger partial charge is 0.422 e. The molecule has 0 atom stereocenters. The summed E-state index contributed by atoms with van der Waals surface area (Å²) >= 11 is 0. The van der Waals surface area contributed by atoms with Crippen LogP contribution in [0.3, 0.4) is 0 Å². The molecule has 1 rings (SSSR count). The molecule has 0 aliphatic carbocycles. The van der Waals surface area contributed by atoms with Gasteiger partial charge >= 0.3 is 6.18 Å². The Hall–Kier alpha value is -1.20. The predicted octanol–water partition coefficient (Wildman–Crippen LogP) is 1.38. The number of aliphatic imine (C=N–C) groups is 1. The van der Waals surface area contributed by atoms with E-state index in [1.54, 1.807) is 11.9 Å². The van der Waals surface area contributed by atoms with E-state index in [1.807, 2.05) is 0 Å². The number of alkyl halides is 3. The molecule has 0 radical (unpaired) electrons. The van der Waals surface area contributed by atoms with E-state index >= 15 is 0 Å². The van der Waals surface area contributed by atoms with Gasteiger partial charge in [0.05, 0.1) is 12.7 Å². The summed E-state index contributed by atoms with van der Waals surface area (Å²) in [7, 11) is 1.72. The van der Waals surface area contributed by atoms with Gasteiger partial charge in [0.15, 0.2) is 6.61 Å². The van der Waals surface area contributed by atoms with Crippen molar-refractivity contribution in [1.29, 1.82) is 0 Å². The number of rotatable bonds is 2. The molecule has 0 N–H and O–H groups in total. The summed E-state index contributed by atoms with van der Waals surface area (Å²) in [6.45, 7) is -0.719. The Labute approximate surface area is 73.5 Å². The number of halogens is 3. The van der Waals surface area contributed by atoms with Gasteiger partial charge in [0, 0.05) is 13.3 Å². The summed E-state index contributed by atoms with van der Waals surface area (Å²) in [6, 6.07) is 0. The molecule has 0 unspecified atom stereocenters. The standard InChI is InChI=1S/C7H9F3N2O/c1-12-3-2-11-6(4-12)13-5-7(8,9)10/h2,4H,3,5H2,1H3. The maximum absolute atomic E-state index is 11.7. The molecule has 6 heteroatoms. The first kappa shape index (κ1) is 9.88. The third-order valence-corrected chi connectivity index (χ3v) is 1.30. The number of hydrogen-bond donors (Lipinski definition) is 0. The summed E-state index contributed by atoms with van der Waals surface area (Å²) in [5.41, 5.74) is 0. The van der Waals surface area contributed by atoms with Crippen molar-refractivity contribution in [1.82, 2.24) is 4.90 Å². The number of nitrogens with zero attached hydrogens (tertiary/aromatic N) is 2. The van der Waals surface area contributed by atoms with Crippen LogP contribution in [0.1, 0.15) is 0 Å². The maximum atomic E-state index is 11.7. The monoisotopic (exact) mass is 194 g/mol. The Morgan fingerprint density at radius 3 is 2.85 bits per heavy atom. The van der Waals surface area contributed by atoms with Gasteiger partial charge in [-0.05, 0) is 0 Å². The molecule has 0 bridgehead atoms. The first-order valence-electron chi connectivity index (χ1n) is 3.61. The first-order chi connectivity index (χ1) is 5.97. The van der Waals surface area contributed by atoms with Crippen LogP contribution >= 0.6 is 0 Å². The zero-order valence-corrected chi connectivity index (χ0v) is 7.01. The molecule has 0 amide bonds. The minimum Gasteiger partial charge on any atom is -0.467 e. The minimum absolute atomic E-state index is 0.00826. The Morgan fingerprint density at radius 1 is 1.62 bits per heavy atom. The summed E-state index contributed by atoms with van der Waals surface area (Å²) in [4.78, 5) is 5.33. The van der Waals surface area contributed by atoms with Crippen molar-refractivity contribution in [2.45, 2.75) is 6.18 Å². The molecule has 0 aromatic heterocycles. The summed E-state index contributed by atoms with van der Waals surface area (Å²) in [5, 5.41) is 0. The van der Waals surface area contributed by atoms with Gasteiger partial charge in [-0.25, -0.2) is 4.99 Å². The SMILES string of the molecule is CN1C=C(OCC(F)(F)F)N=CC1. The van der Waals surface area contributed by atoms with Gasteiger partial charge in [0.2, 0.25) is 5.88 Å². The summed E-state index contributed by atoms with van der Waals surface area (Å²) in [5.74, 6) is -0.00826. The van der Waals surface area contributed by atoms with Gasteiger partial charge in [-0.1, -0.05) is 0 Å². The maximum Gasteiger partial charge on any atom is 0.422 e. The zero-order chi connectivity index (χ0) is 9.90. The van der Waals surface area contributed by atoms with E-state index in [1.165, 1.54) is 12.4 Å². The third kappa shape index (κ3) is 3.82. The van der Waals surface area contributed by atoms with Crippen LogP contribution in [-0.2, 0) is 4.74 Å². The van der Waals surface area contributed by atoms with Crippen LogP contribution in [0.25, 0.3) is 0 Å². The van der Waals surface area contributed by atoms with Gasteiger partial charge in [-0.15, -0.1) is 0 Å². The van der Waals surface area contributed by atoms with Crippen LogP contribution < -0.4 is 0 Å². The normalized spacial score (nSPS) is 17.2. The van der Waals surface area contributed by atoms with Crippen molar-refractivity contribution in [3.63, 3.8) is 0 Å². The van der Waals surface area contributed by atoms with Crippen molar-refractivity contribution in [2.24, 2.45) is 4.99 Å². The fraction of sp³-hybridized carbons (Fsp3) is 0.571. The Balaban J connectivity index is 2.41. The van der Waals surface area contributed by atoms with E-state index in [0.29, 0.717) is 6.54 Å². The summed E-state index contributed by atoms with van der Waals surface area (Å²) < 4.78 is 39.5. The first-order valence-corrected chi connectivity index (χ1v) is 3.61. The quantitative estimate of drug-likeness (QED) is 0.663.